The Morgan fingerprint density at radius 1 is 1.08 bits per heavy atom. The predicted molar refractivity (Wildman–Crippen MR) is 139 cm³/mol. The third-order valence-corrected chi connectivity index (χ3v) is 7.10. The standard InChI is InChI=1S/C29H32N2O5/c1-4-13-35-22-8-5-7-21(18-22)26-25-27(32)23-16-19(2)20(3)17-24(23)36-28(25)29(33)31(26)10-6-9-30-11-14-34-15-12-30/h4-5,7-8,16-18,26H,1,6,9-15H2,2-3H3/t26-/m1/s1. The van der Waals surface area contributed by atoms with Crippen LogP contribution in [0.1, 0.15) is 45.3 Å². The summed E-state index contributed by atoms with van der Waals surface area (Å²) in [6.45, 7) is 12.7. The molecule has 2 aromatic carbocycles. The van der Waals surface area contributed by atoms with Gasteiger partial charge in [-0.3, -0.25) is 14.5 Å². The largest absolute Gasteiger partial charge is 0.490 e. The van der Waals surface area contributed by atoms with Gasteiger partial charge in [-0.2, -0.15) is 0 Å². The van der Waals surface area contributed by atoms with Crippen LogP contribution in [-0.4, -0.2) is 61.7 Å². The number of benzene rings is 2. The van der Waals surface area contributed by atoms with E-state index in [9.17, 15) is 9.59 Å². The normalized spacial score (nSPS) is 18.0. The second-order valence-corrected chi connectivity index (χ2v) is 9.49. The van der Waals surface area contributed by atoms with Crippen molar-refractivity contribution in [3.05, 3.63) is 87.3 Å². The van der Waals surface area contributed by atoms with Crippen LogP contribution in [-0.2, 0) is 4.74 Å². The zero-order valence-electron chi connectivity index (χ0n) is 20.9. The molecule has 1 saturated heterocycles. The molecular formula is C29H32N2O5. The Labute approximate surface area is 210 Å². The highest BCUT2D eigenvalue weighted by molar-refractivity contribution is 5.99. The molecule has 2 aliphatic heterocycles. The van der Waals surface area contributed by atoms with E-state index in [4.69, 9.17) is 13.9 Å². The van der Waals surface area contributed by atoms with Gasteiger partial charge in [0.05, 0.1) is 30.2 Å². The van der Waals surface area contributed by atoms with Gasteiger partial charge in [0.1, 0.15) is 17.9 Å². The molecule has 2 aliphatic rings. The molecule has 0 N–H and O–H groups in total. The van der Waals surface area contributed by atoms with Gasteiger partial charge in [-0.1, -0.05) is 24.8 Å². The highest BCUT2D eigenvalue weighted by atomic mass is 16.5. The van der Waals surface area contributed by atoms with Crippen molar-refractivity contribution in [2.75, 3.05) is 46.0 Å². The third kappa shape index (κ3) is 4.56. The quantitative estimate of drug-likeness (QED) is 0.442. The van der Waals surface area contributed by atoms with E-state index in [0.717, 1.165) is 56.0 Å². The first-order chi connectivity index (χ1) is 17.5. The number of rotatable bonds is 8. The molecule has 0 aliphatic carbocycles. The lowest BCUT2D eigenvalue weighted by molar-refractivity contribution is 0.0353. The fourth-order valence-electron chi connectivity index (χ4n) is 5.07. The predicted octanol–water partition coefficient (Wildman–Crippen LogP) is 4.24. The second kappa shape index (κ2) is 10.3. The maximum Gasteiger partial charge on any atom is 0.290 e. The van der Waals surface area contributed by atoms with E-state index in [1.54, 1.807) is 11.0 Å². The third-order valence-electron chi connectivity index (χ3n) is 7.10. The molecule has 3 heterocycles. The Bertz CT molecular complexity index is 1360. The summed E-state index contributed by atoms with van der Waals surface area (Å²) in [6.07, 6.45) is 2.47. The van der Waals surface area contributed by atoms with E-state index in [1.165, 1.54) is 0 Å². The Kier molecular flexibility index (Phi) is 6.94. The molecule has 36 heavy (non-hydrogen) atoms. The van der Waals surface area contributed by atoms with Crippen molar-refractivity contribution in [2.45, 2.75) is 26.3 Å². The SMILES string of the molecule is C=CCOc1cccc([C@@H]2c3c(oc4cc(C)c(C)cc4c3=O)C(=O)N2CCCN2CCOCC2)c1. The molecule has 0 bridgehead atoms. The van der Waals surface area contributed by atoms with Crippen molar-refractivity contribution in [1.29, 1.82) is 0 Å². The first-order valence-corrected chi connectivity index (χ1v) is 12.5. The van der Waals surface area contributed by atoms with E-state index in [1.807, 2.05) is 50.2 Å². The fraction of sp³-hybridized carbons (Fsp3) is 0.379. The smallest absolute Gasteiger partial charge is 0.290 e. The zero-order chi connectivity index (χ0) is 25.2. The van der Waals surface area contributed by atoms with E-state index in [-0.39, 0.29) is 17.1 Å². The first kappa shape index (κ1) is 24.3. The Morgan fingerprint density at radius 3 is 2.64 bits per heavy atom. The summed E-state index contributed by atoms with van der Waals surface area (Å²) in [7, 11) is 0. The van der Waals surface area contributed by atoms with Crippen LogP contribution in [0.4, 0.5) is 0 Å². The van der Waals surface area contributed by atoms with Gasteiger partial charge in [-0.15, -0.1) is 0 Å². The number of carbonyl (C=O) groups is 1. The van der Waals surface area contributed by atoms with Crippen molar-refractivity contribution in [3.8, 4) is 5.75 Å². The van der Waals surface area contributed by atoms with Crippen LogP contribution in [0.3, 0.4) is 0 Å². The van der Waals surface area contributed by atoms with Gasteiger partial charge in [0.25, 0.3) is 5.91 Å². The van der Waals surface area contributed by atoms with Crippen LogP contribution in [0.5, 0.6) is 5.75 Å². The molecule has 0 unspecified atom stereocenters. The maximum absolute atomic E-state index is 13.8. The summed E-state index contributed by atoms with van der Waals surface area (Å²) < 4.78 is 17.3. The van der Waals surface area contributed by atoms with Crippen LogP contribution in [0.2, 0.25) is 0 Å². The average Bonchev–Trinajstić information content (AvgIpc) is 3.16. The van der Waals surface area contributed by atoms with E-state index in [2.05, 4.69) is 11.5 Å². The molecule has 1 amide bonds. The second-order valence-electron chi connectivity index (χ2n) is 9.49. The molecular weight excluding hydrogens is 456 g/mol. The van der Waals surface area contributed by atoms with Gasteiger partial charge in [0, 0.05) is 26.2 Å². The number of hydrogen-bond donors (Lipinski definition) is 0. The number of nitrogens with zero attached hydrogens (tertiary/aromatic N) is 2. The monoisotopic (exact) mass is 488 g/mol. The average molecular weight is 489 g/mol. The Hall–Kier alpha value is -3.42. The van der Waals surface area contributed by atoms with Crippen LogP contribution in [0.15, 0.2) is 58.3 Å². The number of aryl methyl sites for hydroxylation is 2. The molecule has 1 aromatic heterocycles. The minimum Gasteiger partial charge on any atom is -0.490 e. The minimum atomic E-state index is -0.535. The topological polar surface area (TPSA) is 72.2 Å². The van der Waals surface area contributed by atoms with Crippen molar-refractivity contribution < 1.29 is 18.7 Å². The lowest BCUT2D eigenvalue weighted by Gasteiger charge is -2.29. The molecule has 0 saturated carbocycles. The Balaban J connectivity index is 1.55. The highest BCUT2D eigenvalue weighted by Gasteiger charge is 2.42. The molecule has 0 radical (unpaired) electrons. The molecule has 3 aromatic rings. The van der Waals surface area contributed by atoms with Gasteiger partial charge in [0.15, 0.2) is 5.43 Å². The molecule has 5 rings (SSSR count). The highest BCUT2D eigenvalue weighted by Crippen LogP contribution is 2.39. The number of hydrogen-bond acceptors (Lipinski definition) is 6. The number of amides is 1. The lowest BCUT2D eigenvalue weighted by atomic mass is 9.97. The molecule has 1 atom stereocenters. The summed E-state index contributed by atoms with van der Waals surface area (Å²) in [4.78, 5) is 31.6. The lowest BCUT2D eigenvalue weighted by Crippen LogP contribution is -2.38. The summed E-state index contributed by atoms with van der Waals surface area (Å²) in [5.74, 6) is 0.564. The van der Waals surface area contributed by atoms with Crippen molar-refractivity contribution >= 4 is 16.9 Å². The molecule has 1 fully saturated rings. The molecule has 7 nitrogen and oxygen atoms in total. The van der Waals surface area contributed by atoms with E-state index in [0.29, 0.717) is 35.4 Å². The van der Waals surface area contributed by atoms with Gasteiger partial charge >= 0.3 is 0 Å². The van der Waals surface area contributed by atoms with Crippen LogP contribution in [0.25, 0.3) is 11.0 Å². The number of carbonyl (C=O) groups excluding carboxylic acids is 1. The zero-order valence-corrected chi connectivity index (χ0v) is 20.9. The van der Waals surface area contributed by atoms with Crippen LogP contribution in [0, 0.1) is 13.8 Å². The molecule has 188 valence electrons. The van der Waals surface area contributed by atoms with Crippen LogP contribution < -0.4 is 10.2 Å². The van der Waals surface area contributed by atoms with Gasteiger partial charge in [0.2, 0.25) is 5.76 Å². The van der Waals surface area contributed by atoms with Crippen molar-refractivity contribution in [3.63, 3.8) is 0 Å². The van der Waals surface area contributed by atoms with Gasteiger partial charge in [-0.25, -0.2) is 0 Å². The van der Waals surface area contributed by atoms with Gasteiger partial charge in [-0.05, 0) is 61.2 Å². The number of morpholine rings is 1. The fourth-order valence-corrected chi connectivity index (χ4v) is 5.07. The number of fused-ring (bicyclic) bond motifs is 2. The molecule has 7 heteroatoms. The van der Waals surface area contributed by atoms with Crippen molar-refractivity contribution in [2.24, 2.45) is 0 Å². The van der Waals surface area contributed by atoms with Crippen LogP contribution >= 0.6 is 0 Å². The first-order valence-electron chi connectivity index (χ1n) is 12.5. The number of ether oxygens (including phenoxy) is 2. The minimum absolute atomic E-state index is 0.143. The van der Waals surface area contributed by atoms with E-state index >= 15 is 0 Å². The maximum atomic E-state index is 13.8. The summed E-state index contributed by atoms with van der Waals surface area (Å²) in [5.41, 5.74) is 3.56. The van der Waals surface area contributed by atoms with Crippen molar-refractivity contribution in [1.82, 2.24) is 9.80 Å². The summed E-state index contributed by atoms with van der Waals surface area (Å²) >= 11 is 0. The van der Waals surface area contributed by atoms with E-state index < -0.39 is 6.04 Å². The summed E-state index contributed by atoms with van der Waals surface area (Å²) in [5, 5.41) is 0.504. The molecule has 0 spiro atoms. The Morgan fingerprint density at radius 2 is 1.86 bits per heavy atom. The van der Waals surface area contributed by atoms with Gasteiger partial charge < -0.3 is 18.8 Å². The summed E-state index contributed by atoms with van der Waals surface area (Å²) in [6, 6.07) is 10.8.